The Kier molecular flexibility index (Phi) is 8.02. The molecule has 2 N–H and O–H groups in total. The number of unbranched alkanes of at least 4 members (excludes halogenated alkanes) is 1. The highest BCUT2D eigenvalue weighted by Crippen LogP contribution is 2.38. The van der Waals surface area contributed by atoms with Crippen molar-refractivity contribution in [1.82, 2.24) is 15.0 Å². The molecule has 1 saturated carbocycles. The SMILES string of the molecule is CC[C@@](O)(Cn1nncc1CCCCC1CNc2c(OC)cccc2O1)c1ccc(F)c(OCC2CC2)c1. The number of methoxy groups -OCH3 is 1. The topological polar surface area (TPSA) is 90.7 Å². The van der Waals surface area contributed by atoms with Gasteiger partial charge in [0, 0.05) is 0 Å². The molecule has 38 heavy (non-hydrogen) atoms. The maximum absolute atomic E-state index is 14.3. The highest BCUT2D eigenvalue weighted by atomic mass is 19.1. The molecule has 0 bridgehead atoms. The van der Waals surface area contributed by atoms with Gasteiger partial charge < -0.3 is 24.6 Å². The van der Waals surface area contributed by atoms with Crippen molar-refractivity contribution in [3.63, 3.8) is 0 Å². The van der Waals surface area contributed by atoms with Crippen LogP contribution in [-0.4, -0.2) is 46.5 Å². The van der Waals surface area contributed by atoms with Gasteiger partial charge >= 0.3 is 0 Å². The first-order chi connectivity index (χ1) is 18.5. The number of fused-ring (bicyclic) bond motifs is 1. The maximum atomic E-state index is 14.3. The maximum Gasteiger partial charge on any atom is 0.165 e. The predicted octanol–water partition coefficient (Wildman–Crippen LogP) is 5.10. The van der Waals surface area contributed by atoms with Crippen LogP contribution in [0.1, 0.15) is 56.7 Å². The van der Waals surface area contributed by atoms with Crippen molar-refractivity contribution in [3.8, 4) is 17.2 Å². The third-order valence-corrected chi connectivity index (χ3v) is 7.55. The van der Waals surface area contributed by atoms with E-state index in [2.05, 4.69) is 15.6 Å². The molecule has 2 aromatic carbocycles. The van der Waals surface area contributed by atoms with Gasteiger partial charge in [0.1, 0.15) is 28.9 Å². The van der Waals surface area contributed by atoms with Gasteiger partial charge in [0.2, 0.25) is 0 Å². The Morgan fingerprint density at radius 2 is 2.08 bits per heavy atom. The number of hydrogen-bond donors (Lipinski definition) is 2. The normalized spacial score (nSPS) is 18.2. The van der Waals surface area contributed by atoms with E-state index in [4.69, 9.17) is 14.2 Å². The number of anilines is 1. The average molecular weight is 525 g/mol. The van der Waals surface area contributed by atoms with Crippen molar-refractivity contribution in [2.24, 2.45) is 5.92 Å². The standard InChI is InChI=1S/C29H37FN4O4/c1-3-29(35,21-13-14-24(30)27(15-21)37-18-20-11-12-20)19-34-22(16-32-33-34)7-4-5-8-23-17-31-28-25(36-2)9-6-10-26(28)38-23/h6,9-10,13-16,20,23,31,35H,3-5,7-8,11-12,17-19H2,1-2H3/t23?,29-/m1/s1. The van der Waals surface area contributed by atoms with E-state index in [1.807, 2.05) is 25.1 Å². The molecule has 0 saturated heterocycles. The minimum atomic E-state index is -1.22. The Bertz CT molecular complexity index is 1230. The summed E-state index contributed by atoms with van der Waals surface area (Å²) >= 11 is 0. The van der Waals surface area contributed by atoms with Crippen molar-refractivity contribution >= 4 is 5.69 Å². The molecule has 0 amide bonds. The lowest BCUT2D eigenvalue weighted by Crippen LogP contribution is -2.32. The summed E-state index contributed by atoms with van der Waals surface area (Å²) < 4.78 is 33.4. The quantitative estimate of drug-likeness (QED) is 0.301. The van der Waals surface area contributed by atoms with E-state index in [1.165, 1.54) is 6.07 Å². The highest BCUT2D eigenvalue weighted by molar-refractivity contribution is 5.67. The van der Waals surface area contributed by atoms with Crippen LogP contribution in [0.4, 0.5) is 10.1 Å². The summed E-state index contributed by atoms with van der Waals surface area (Å²) in [5, 5.41) is 23.3. The Morgan fingerprint density at radius 3 is 2.87 bits per heavy atom. The van der Waals surface area contributed by atoms with Crippen molar-refractivity contribution in [3.05, 3.63) is 59.7 Å². The monoisotopic (exact) mass is 524 g/mol. The summed E-state index contributed by atoms with van der Waals surface area (Å²) in [5.74, 6) is 1.91. The molecule has 204 valence electrons. The molecule has 2 aliphatic rings. The molecule has 2 atom stereocenters. The number of aryl methyl sites for hydroxylation is 1. The number of ether oxygens (including phenoxy) is 3. The Morgan fingerprint density at radius 1 is 1.21 bits per heavy atom. The van der Waals surface area contributed by atoms with Crippen LogP contribution in [0, 0.1) is 11.7 Å². The number of nitrogens with one attached hydrogen (secondary N) is 1. The molecule has 1 aliphatic carbocycles. The zero-order valence-corrected chi connectivity index (χ0v) is 22.2. The van der Waals surface area contributed by atoms with Crippen LogP contribution >= 0.6 is 0 Å². The van der Waals surface area contributed by atoms with Crippen molar-refractivity contribution in [2.75, 3.05) is 25.6 Å². The second kappa shape index (κ2) is 11.6. The van der Waals surface area contributed by atoms with Gasteiger partial charge in [0.25, 0.3) is 0 Å². The third kappa shape index (κ3) is 6.04. The van der Waals surface area contributed by atoms with Gasteiger partial charge in [-0.1, -0.05) is 24.3 Å². The zero-order chi connectivity index (χ0) is 26.5. The van der Waals surface area contributed by atoms with Gasteiger partial charge in [-0.05, 0) is 80.7 Å². The van der Waals surface area contributed by atoms with Gasteiger partial charge in [-0.3, -0.25) is 0 Å². The molecule has 0 radical (unpaired) electrons. The molecule has 1 unspecified atom stereocenters. The fourth-order valence-corrected chi connectivity index (χ4v) is 4.89. The summed E-state index contributed by atoms with van der Waals surface area (Å²) in [7, 11) is 1.66. The smallest absolute Gasteiger partial charge is 0.165 e. The molecule has 1 aromatic heterocycles. The average Bonchev–Trinajstić information content (AvgIpc) is 3.67. The molecular formula is C29H37FN4O4. The molecular weight excluding hydrogens is 487 g/mol. The second-order valence-electron chi connectivity index (χ2n) is 10.4. The summed E-state index contributed by atoms with van der Waals surface area (Å²) in [4.78, 5) is 0. The summed E-state index contributed by atoms with van der Waals surface area (Å²) in [5.41, 5.74) is 1.27. The second-order valence-corrected chi connectivity index (χ2v) is 10.4. The molecule has 1 aliphatic heterocycles. The van der Waals surface area contributed by atoms with E-state index >= 15 is 0 Å². The van der Waals surface area contributed by atoms with E-state index in [1.54, 1.807) is 30.1 Å². The minimum Gasteiger partial charge on any atom is -0.494 e. The van der Waals surface area contributed by atoms with Gasteiger partial charge in [-0.25, -0.2) is 9.07 Å². The van der Waals surface area contributed by atoms with E-state index in [-0.39, 0.29) is 18.4 Å². The third-order valence-electron chi connectivity index (χ3n) is 7.55. The van der Waals surface area contributed by atoms with Crippen LogP contribution in [0.2, 0.25) is 0 Å². The van der Waals surface area contributed by atoms with Crippen LogP contribution in [0.3, 0.4) is 0 Å². The summed E-state index contributed by atoms with van der Waals surface area (Å²) in [6, 6.07) is 10.4. The molecule has 9 heteroatoms. The van der Waals surface area contributed by atoms with Gasteiger partial charge in [-0.15, -0.1) is 5.10 Å². The van der Waals surface area contributed by atoms with Crippen molar-refractivity contribution in [2.45, 2.75) is 70.1 Å². The lowest BCUT2D eigenvalue weighted by molar-refractivity contribution is 0.00940. The molecule has 3 aromatic rings. The lowest BCUT2D eigenvalue weighted by atomic mass is 9.90. The number of nitrogens with zero attached hydrogens (tertiary/aromatic N) is 3. The van der Waals surface area contributed by atoms with E-state index in [9.17, 15) is 9.50 Å². The molecule has 2 heterocycles. The fraction of sp³-hybridized carbons (Fsp3) is 0.517. The number of hydrogen-bond acceptors (Lipinski definition) is 7. The molecule has 5 rings (SSSR count). The minimum absolute atomic E-state index is 0.0950. The number of aliphatic hydroxyl groups is 1. The first-order valence-corrected chi connectivity index (χ1v) is 13.6. The van der Waals surface area contributed by atoms with Crippen LogP contribution in [0.15, 0.2) is 42.6 Å². The van der Waals surface area contributed by atoms with Crippen LogP contribution in [0.25, 0.3) is 0 Å². The Labute approximate surface area is 223 Å². The van der Waals surface area contributed by atoms with Crippen molar-refractivity contribution in [1.29, 1.82) is 0 Å². The van der Waals surface area contributed by atoms with Gasteiger partial charge in [0.05, 0.1) is 38.7 Å². The van der Waals surface area contributed by atoms with Crippen LogP contribution < -0.4 is 19.5 Å². The van der Waals surface area contributed by atoms with E-state index < -0.39 is 11.4 Å². The number of rotatable bonds is 13. The number of benzene rings is 2. The lowest BCUT2D eigenvalue weighted by Gasteiger charge is -2.29. The molecule has 1 fully saturated rings. The Hall–Kier alpha value is -3.33. The van der Waals surface area contributed by atoms with Crippen molar-refractivity contribution < 1.29 is 23.7 Å². The summed E-state index contributed by atoms with van der Waals surface area (Å²) in [6.07, 6.45) is 8.18. The largest absolute Gasteiger partial charge is 0.494 e. The van der Waals surface area contributed by atoms with Crippen LogP contribution in [-0.2, 0) is 18.6 Å². The number of halogens is 1. The molecule has 8 nitrogen and oxygen atoms in total. The van der Waals surface area contributed by atoms with E-state index in [0.29, 0.717) is 24.5 Å². The highest BCUT2D eigenvalue weighted by Gasteiger charge is 2.31. The predicted molar refractivity (Wildman–Crippen MR) is 142 cm³/mol. The van der Waals surface area contributed by atoms with Crippen LogP contribution in [0.5, 0.6) is 17.2 Å². The summed E-state index contributed by atoms with van der Waals surface area (Å²) in [6.45, 7) is 3.40. The van der Waals surface area contributed by atoms with Gasteiger partial charge in [0.15, 0.2) is 11.6 Å². The van der Waals surface area contributed by atoms with E-state index in [0.717, 1.165) is 68.0 Å². The number of para-hydroxylation sites is 1. The zero-order valence-electron chi connectivity index (χ0n) is 22.2. The molecule has 0 spiro atoms. The first kappa shape index (κ1) is 26.3. The Balaban J connectivity index is 1.16. The fourth-order valence-electron chi connectivity index (χ4n) is 4.89. The first-order valence-electron chi connectivity index (χ1n) is 13.6. The van der Waals surface area contributed by atoms with Gasteiger partial charge in [-0.2, -0.15) is 0 Å². The number of aromatic nitrogens is 3.